The number of benzene rings is 1. The standard InChI is InChI=1S/C20H20ClN7O/c1-14-19(21)15(2)28(24-14)13-27-10-7-18(25-27)20(29)23-17-6-3-5-16(11-17)12-26-9-4-8-22-26/h3-11H,12-13H2,1-2H3,(H,23,29). The number of carbonyl (C=O) groups is 1. The van der Waals surface area contributed by atoms with Crippen molar-refractivity contribution >= 4 is 23.2 Å². The monoisotopic (exact) mass is 409 g/mol. The Bertz CT molecular complexity index is 1140. The molecule has 1 N–H and O–H groups in total. The van der Waals surface area contributed by atoms with Gasteiger partial charge in [-0.2, -0.15) is 15.3 Å². The second kappa shape index (κ2) is 7.92. The molecular formula is C20H20ClN7O. The molecule has 0 saturated heterocycles. The van der Waals surface area contributed by atoms with E-state index in [4.69, 9.17) is 11.6 Å². The van der Waals surface area contributed by atoms with Crippen molar-refractivity contribution < 1.29 is 4.79 Å². The molecule has 0 spiro atoms. The Balaban J connectivity index is 1.43. The normalized spacial score (nSPS) is 11.0. The Morgan fingerprint density at radius 2 is 1.97 bits per heavy atom. The number of anilines is 1. The predicted molar refractivity (Wildman–Crippen MR) is 110 cm³/mol. The molecule has 0 radical (unpaired) electrons. The van der Waals surface area contributed by atoms with E-state index in [2.05, 4.69) is 20.6 Å². The first kappa shape index (κ1) is 18.9. The van der Waals surface area contributed by atoms with Gasteiger partial charge in [0, 0.05) is 24.3 Å². The summed E-state index contributed by atoms with van der Waals surface area (Å²) in [7, 11) is 0. The van der Waals surface area contributed by atoms with Gasteiger partial charge in [0.2, 0.25) is 0 Å². The number of nitrogens with one attached hydrogen (secondary N) is 1. The van der Waals surface area contributed by atoms with Crippen LogP contribution in [0.25, 0.3) is 0 Å². The zero-order valence-corrected chi connectivity index (χ0v) is 16.8. The molecule has 0 aliphatic carbocycles. The Kier molecular flexibility index (Phi) is 5.18. The quantitative estimate of drug-likeness (QED) is 0.529. The molecule has 148 valence electrons. The lowest BCUT2D eigenvalue weighted by Gasteiger charge is -2.07. The van der Waals surface area contributed by atoms with Gasteiger partial charge in [0.05, 0.1) is 23.0 Å². The van der Waals surface area contributed by atoms with Crippen LogP contribution in [0.4, 0.5) is 5.69 Å². The van der Waals surface area contributed by atoms with Crippen LogP contribution < -0.4 is 5.32 Å². The van der Waals surface area contributed by atoms with Crippen molar-refractivity contribution in [2.75, 3.05) is 5.32 Å². The summed E-state index contributed by atoms with van der Waals surface area (Å²) in [5, 5.41) is 16.5. The van der Waals surface area contributed by atoms with Gasteiger partial charge in [0.25, 0.3) is 5.91 Å². The third kappa shape index (κ3) is 4.22. The first-order valence-corrected chi connectivity index (χ1v) is 9.48. The highest BCUT2D eigenvalue weighted by molar-refractivity contribution is 6.31. The van der Waals surface area contributed by atoms with E-state index in [1.807, 2.05) is 55.1 Å². The molecule has 0 aliphatic rings. The number of hydrogen-bond acceptors (Lipinski definition) is 4. The fraction of sp³-hybridized carbons (Fsp3) is 0.200. The van der Waals surface area contributed by atoms with E-state index >= 15 is 0 Å². The molecule has 0 fully saturated rings. The highest BCUT2D eigenvalue weighted by atomic mass is 35.5. The first-order valence-electron chi connectivity index (χ1n) is 9.10. The third-order valence-corrected chi connectivity index (χ3v) is 5.08. The molecule has 29 heavy (non-hydrogen) atoms. The van der Waals surface area contributed by atoms with Crippen LogP contribution in [0, 0.1) is 13.8 Å². The van der Waals surface area contributed by atoms with Gasteiger partial charge in [0.15, 0.2) is 5.69 Å². The Morgan fingerprint density at radius 1 is 1.10 bits per heavy atom. The molecule has 8 nitrogen and oxygen atoms in total. The number of rotatable bonds is 6. The zero-order chi connectivity index (χ0) is 20.4. The summed E-state index contributed by atoms with van der Waals surface area (Å²) in [5.41, 5.74) is 3.71. The van der Waals surface area contributed by atoms with E-state index in [0.717, 1.165) is 17.0 Å². The highest BCUT2D eigenvalue weighted by Crippen LogP contribution is 2.19. The number of aromatic nitrogens is 6. The molecule has 0 aliphatic heterocycles. The number of aryl methyl sites for hydroxylation is 1. The number of carbonyl (C=O) groups excluding carboxylic acids is 1. The summed E-state index contributed by atoms with van der Waals surface area (Å²) in [6.45, 7) is 4.77. The van der Waals surface area contributed by atoms with Crippen LogP contribution in [-0.2, 0) is 13.2 Å². The number of nitrogens with zero attached hydrogens (tertiary/aromatic N) is 6. The van der Waals surface area contributed by atoms with E-state index in [-0.39, 0.29) is 5.91 Å². The maximum absolute atomic E-state index is 12.6. The largest absolute Gasteiger partial charge is 0.321 e. The van der Waals surface area contributed by atoms with E-state index in [1.54, 1.807) is 27.8 Å². The zero-order valence-electron chi connectivity index (χ0n) is 16.1. The molecule has 0 bridgehead atoms. The topological polar surface area (TPSA) is 82.6 Å². The molecule has 0 saturated carbocycles. The summed E-state index contributed by atoms with van der Waals surface area (Å²) < 4.78 is 5.23. The Hall–Kier alpha value is -3.39. The molecular weight excluding hydrogens is 390 g/mol. The van der Waals surface area contributed by atoms with Crippen LogP contribution in [0.1, 0.15) is 27.4 Å². The van der Waals surface area contributed by atoms with Gasteiger partial charge in [-0.3, -0.25) is 14.2 Å². The van der Waals surface area contributed by atoms with E-state index in [0.29, 0.717) is 29.6 Å². The molecule has 1 aromatic carbocycles. The van der Waals surface area contributed by atoms with Crippen LogP contribution in [0.2, 0.25) is 5.02 Å². The maximum atomic E-state index is 12.6. The smallest absolute Gasteiger partial charge is 0.276 e. The van der Waals surface area contributed by atoms with Crippen molar-refractivity contribution in [2.45, 2.75) is 27.1 Å². The van der Waals surface area contributed by atoms with Gasteiger partial charge in [-0.1, -0.05) is 23.7 Å². The fourth-order valence-electron chi connectivity index (χ4n) is 3.04. The van der Waals surface area contributed by atoms with Gasteiger partial charge in [-0.25, -0.2) is 4.68 Å². The van der Waals surface area contributed by atoms with E-state index in [1.165, 1.54) is 0 Å². The molecule has 0 atom stereocenters. The van der Waals surface area contributed by atoms with Gasteiger partial charge in [0.1, 0.15) is 6.67 Å². The summed E-state index contributed by atoms with van der Waals surface area (Å²) in [4.78, 5) is 12.6. The second-order valence-corrected chi connectivity index (χ2v) is 7.10. The molecule has 3 heterocycles. The average Bonchev–Trinajstić information content (AvgIpc) is 3.42. The van der Waals surface area contributed by atoms with Gasteiger partial charge < -0.3 is 5.32 Å². The van der Waals surface area contributed by atoms with Crippen LogP contribution in [0.3, 0.4) is 0 Å². The minimum atomic E-state index is -0.272. The summed E-state index contributed by atoms with van der Waals surface area (Å²) in [5.74, 6) is -0.272. The minimum absolute atomic E-state index is 0.272. The van der Waals surface area contributed by atoms with Gasteiger partial charge in [-0.15, -0.1) is 0 Å². The number of amides is 1. The summed E-state index contributed by atoms with van der Waals surface area (Å²) in [6.07, 6.45) is 5.38. The molecule has 4 aromatic rings. The van der Waals surface area contributed by atoms with Crippen molar-refractivity contribution in [1.82, 2.24) is 29.3 Å². The fourth-order valence-corrected chi connectivity index (χ4v) is 3.17. The molecule has 0 unspecified atom stereocenters. The lowest BCUT2D eigenvalue weighted by Crippen LogP contribution is -2.16. The molecule has 4 rings (SSSR count). The second-order valence-electron chi connectivity index (χ2n) is 6.72. The van der Waals surface area contributed by atoms with Crippen LogP contribution in [-0.4, -0.2) is 35.2 Å². The maximum Gasteiger partial charge on any atom is 0.276 e. The van der Waals surface area contributed by atoms with Gasteiger partial charge in [-0.05, 0) is 43.7 Å². The average molecular weight is 410 g/mol. The molecule has 1 amide bonds. The van der Waals surface area contributed by atoms with Crippen LogP contribution in [0.15, 0.2) is 55.0 Å². The van der Waals surface area contributed by atoms with Crippen molar-refractivity contribution in [2.24, 2.45) is 0 Å². The van der Waals surface area contributed by atoms with Crippen LogP contribution >= 0.6 is 11.6 Å². The Morgan fingerprint density at radius 3 is 2.69 bits per heavy atom. The lowest BCUT2D eigenvalue weighted by atomic mass is 10.2. The highest BCUT2D eigenvalue weighted by Gasteiger charge is 2.13. The Labute approximate surface area is 172 Å². The minimum Gasteiger partial charge on any atom is -0.321 e. The van der Waals surface area contributed by atoms with Crippen molar-refractivity contribution in [3.63, 3.8) is 0 Å². The third-order valence-electron chi connectivity index (χ3n) is 4.53. The lowest BCUT2D eigenvalue weighted by molar-refractivity contribution is 0.102. The molecule has 3 aromatic heterocycles. The van der Waals surface area contributed by atoms with Gasteiger partial charge >= 0.3 is 0 Å². The van der Waals surface area contributed by atoms with Crippen molar-refractivity contribution in [3.8, 4) is 0 Å². The summed E-state index contributed by atoms with van der Waals surface area (Å²) in [6, 6.07) is 11.2. The molecule has 9 heteroatoms. The van der Waals surface area contributed by atoms with Crippen molar-refractivity contribution in [3.05, 3.63) is 82.7 Å². The van der Waals surface area contributed by atoms with Crippen LogP contribution in [0.5, 0.6) is 0 Å². The van der Waals surface area contributed by atoms with E-state index < -0.39 is 0 Å². The number of hydrogen-bond donors (Lipinski definition) is 1. The SMILES string of the molecule is Cc1nn(Cn2ccc(C(=O)Nc3cccc(Cn4cccn4)c3)n2)c(C)c1Cl. The predicted octanol–water partition coefficient (Wildman–Crippen LogP) is 3.35. The summed E-state index contributed by atoms with van der Waals surface area (Å²) >= 11 is 6.19. The van der Waals surface area contributed by atoms with E-state index in [9.17, 15) is 4.79 Å². The number of halogens is 1. The van der Waals surface area contributed by atoms with Crippen molar-refractivity contribution in [1.29, 1.82) is 0 Å². The first-order chi connectivity index (χ1) is 14.0.